The standard InChI is InChI=1S/C8H4BrN3O2/c9-4-3-5-7(11-2-1-10-5)12-6(4)8(13)14/h1-3H,(H,13,14)/p-1. The monoisotopic (exact) mass is 252 g/mol. The van der Waals surface area contributed by atoms with E-state index in [0.29, 0.717) is 9.99 Å². The van der Waals surface area contributed by atoms with Crippen molar-refractivity contribution < 1.29 is 9.90 Å². The maximum atomic E-state index is 10.6. The van der Waals surface area contributed by atoms with Crippen molar-refractivity contribution in [1.82, 2.24) is 15.0 Å². The molecule has 0 amide bonds. The highest BCUT2D eigenvalue weighted by atomic mass is 79.9. The highest BCUT2D eigenvalue weighted by molar-refractivity contribution is 9.10. The van der Waals surface area contributed by atoms with Gasteiger partial charge < -0.3 is 9.90 Å². The smallest absolute Gasteiger partial charge is 0.178 e. The number of fused-ring (bicyclic) bond motifs is 1. The lowest BCUT2D eigenvalue weighted by atomic mass is 10.3. The predicted octanol–water partition coefficient (Wildman–Crippen LogP) is 0.151. The molecule has 0 N–H and O–H groups in total. The summed E-state index contributed by atoms with van der Waals surface area (Å²) in [6.45, 7) is 0. The van der Waals surface area contributed by atoms with Crippen molar-refractivity contribution in [3.8, 4) is 0 Å². The number of carboxylic acid groups (broad SMARTS) is 1. The molecule has 0 aromatic carbocycles. The Labute approximate surface area is 87.0 Å². The van der Waals surface area contributed by atoms with Gasteiger partial charge in [0, 0.05) is 16.9 Å². The minimum Gasteiger partial charge on any atom is -0.543 e. The Bertz CT molecular complexity index is 515. The molecule has 0 saturated carbocycles. The average Bonchev–Trinajstić information content (AvgIpc) is 2.16. The first-order chi connectivity index (χ1) is 6.68. The van der Waals surface area contributed by atoms with Gasteiger partial charge in [-0.25, -0.2) is 9.97 Å². The first-order valence-electron chi connectivity index (χ1n) is 3.67. The van der Waals surface area contributed by atoms with Crippen LogP contribution < -0.4 is 5.11 Å². The second kappa shape index (κ2) is 3.30. The van der Waals surface area contributed by atoms with E-state index in [-0.39, 0.29) is 11.3 Å². The van der Waals surface area contributed by atoms with Crippen molar-refractivity contribution in [1.29, 1.82) is 0 Å². The third-order valence-corrected chi connectivity index (χ3v) is 2.21. The molecule has 0 atom stereocenters. The summed E-state index contributed by atoms with van der Waals surface area (Å²) in [6.07, 6.45) is 2.96. The number of aromatic nitrogens is 3. The van der Waals surface area contributed by atoms with E-state index in [9.17, 15) is 9.90 Å². The number of pyridine rings is 1. The molecule has 0 aliphatic heterocycles. The highest BCUT2D eigenvalue weighted by Crippen LogP contribution is 2.17. The summed E-state index contributed by atoms with van der Waals surface area (Å²) in [4.78, 5) is 22.3. The fourth-order valence-electron chi connectivity index (χ4n) is 1.02. The Hall–Kier alpha value is -1.56. The number of hydrogen-bond donors (Lipinski definition) is 0. The van der Waals surface area contributed by atoms with Gasteiger partial charge >= 0.3 is 0 Å². The van der Waals surface area contributed by atoms with E-state index in [1.165, 1.54) is 12.4 Å². The number of carbonyl (C=O) groups is 1. The number of hydrogen-bond acceptors (Lipinski definition) is 5. The van der Waals surface area contributed by atoms with Crippen molar-refractivity contribution in [3.63, 3.8) is 0 Å². The van der Waals surface area contributed by atoms with Crippen LogP contribution in [0.5, 0.6) is 0 Å². The lowest BCUT2D eigenvalue weighted by molar-refractivity contribution is -0.255. The Kier molecular flexibility index (Phi) is 2.12. The van der Waals surface area contributed by atoms with E-state index in [4.69, 9.17) is 0 Å². The van der Waals surface area contributed by atoms with Gasteiger partial charge in [0.15, 0.2) is 5.65 Å². The summed E-state index contributed by atoms with van der Waals surface area (Å²) < 4.78 is 0.338. The summed E-state index contributed by atoms with van der Waals surface area (Å²) >= 11 is 3.07. The van der Waals surface area contributed by atoms with Crippen LogP contribution in [0.2, 0.25) is 0 Å². The van der Waals surface area contributed by atoms with Gasteiger partial charge in [0.05, 0.1) is 5.97 Å². The van der Waals surface area contributed by atoms with E-state index < -0.39 is 5.97 Å². The van der Waals surface area contributed by atoms with Crippen molar-refractivity contribution in [2.24, 2.45) is 0 Å². The van der Waals surface area contributed by atoms with Crippen LogP contribution in [0.3, 0.4) is 0 Å². The molecule has 2 aromatic heterocycles. The van der Waals surface area contributed by atoms with Gasteiger partial charge in [0.25, 0.3) is 0 Å². The molecule has 0 bridgehead atoms. The summed E-state index contributed by atoms with van der Waals surface area (Å²) in [5, 5.41) is 10.6. The Morgan fingerprint density at radius 1 is 1.36 bits per heavy atom. The SMILES string of the molecule is O=C([O-])c1nc2nccnc2cc1Br. The topological polar surface area (TPSA) is 78.8 Å². The van der Waals surface area contributed by atoms with Crippen LogP contribution in [0, 0.1) is 0 Å². The van der Waals surface area contributed by atoms with Crippen molar-refractivity contribution in [2.45, 2.75) is 0 Å². The van der Waals surface area contributed by atoms with Crippen molar-refractivity contribution in [2.75, 3.05) is 0 Å². The molecule has 0 unspecified atom stereocenters. The largest absolute Gasteiger partial charge is 0.543 e. The Balaban J connectivity index is 2.77. The normalized spacial score (nSPS) is 10.4. The quantitative estimate of drug-likeness (QED) is 0.722. The van der Waals surface area contributed by atoms with Crippen LogP contribution >= 0.6 is 15.9 Å². The van der Waals surface area contributed by atoms with E-state index in [0.717, 1.165) is 0 Å². The Morgan fingerprint density at radius 2 is 2.07 bits per heavy atom. The summed E-state index contributed by atoms with van der Waals surface area (Å²) in [5.74, 6) is -1.34. The maximum absolute atomic E-state index is 10.6. The third-order valence-electron chi connectivity index (χ3n) is 1.61. The van der Waals surface area contributed by atoms with E-state index in [1.807, 2.05) is 0 Å². The molecule has 0 fully saturated rings. The van der Waals surface area contributed by atoms with E-state index in [2.05, 4.69) is 30.9 Å². The van der Waals surface area contributed by atoms with Gasteiger partial charge in [-0.1, -0.05) is 0 Å². The van der Waals surface area contributed by atoms with E-state index >= 15 is 0 Å². The third kappa shape index (κ3) is 1.44. The molecule has 2 heterocycles. The minimum atomic E-state index is -1.34. The second-order valence-electron chi connectivity index (χ2n) is 2.51. The van der Waals surface area contributed by atoms with Crippen LogP contribution in [-0.2, 0) is 0 Å². The van der Waals surface area contributed by atoms with Crippen molar-refractivity contribution in [3.05, 3.63) is 28.6 Å². The van der Waals surface area contributed by atoms with Gasteiger partial charge in [-0.05, 0) is 22.0 Å². The summed E-state index contributed by atoms with van der Waals surface area (Å²) in [7, 11) is 0. The lowest BCUT2D eigenvalue weighted by Crippen LogP contribution is -2.24. The number of carboxylic acids is 1. The molecule has 5 nitrogen and oxygen atoms in total. The van der Waals surface area contributed by atoms with Gasteiger partial charge in [0.1, 0.15) is 11.2 Å². The number of halogens is 1. The second-order valence-corrected chi connectivity index (χ2v) is 3.36. The molecule has 0 spiro atoms. The number of nitrogens with zero attached hydrogens (tertiary/aromatic N) is 3. The van der Waals surface area contributed by atoms with Crippen LogP contribution in [0.4, 0.5) is 0 Å². The highest BCUT2D eigenvalue weighted by Gasteiger charge is 2.06. The lowest BCUT2D eigenvalue weighted by Gasteiger charge is -2.04. The van der Waals surface area contributed by atoms with Gasteiger partial charge in [-0.3, -0.25) is 4.98 Å². The van der Waals surface area contributed by atoms with Gasteiger partial charge in [-0.15, -0.1) is 0 Å². The van der Waals surface area contributed by atoms with Gasteiger partial charge in [-0.2, -0.15) is 0 Å². The summed E-state index contributed by atoms with van der Waals surface area (Å²) in [5.41, 5.74) is 0.650. The zero-order chi connectivity index (χ0) is 10.1. The zero-order valence-electron chi connectivity index (χ0n) is 6.77. The molecule has 2 aromatic rings. The molecule has 0 aliphatic rings. The molecule has 14 heavy (non-hydrogen) atoms. The van der Waals surface area contributed by atoms with Gasteiger partial charge in [0.2, 0.25) is 0 Å². The molecule has 2 rings (SSSR count). The number of aromatic carboxylic acids is 1. The molecule has 0 radical (unpaired) electrons. The summed E-state index contributed by atoms with van der Waals surface area (Å²) in [6, 6.07) is 1.54. The molecule has 6 heteroatoms. The first-order valence-corrected chi connectivity index (χ1v) is 4.46. The predicted molar refractivity (Wildman–Crippen MR) is 49.4 cm³/mol. The fourth-order valence-corrected chi connectivity index (χ4v) is 1.49. The molecule has 70 valence electrons. The van der Waals surface area contributed by atoms with Crippen LogP contribution in [0.25, 0.3) is 11.2 Å². The number of carbonyl (C=O) groups excluding carboxylic acids is 1. The van der Waals surface area contributed by atoms with Crippen LogP contribution in [-0.4, -0.2) is 20.9 Å². The van der Waals surface area contributed by atoms with Crippen LogP contribution in [0.15, 0.2) is 22.9 Å². The molecule has 0 saturated heterocycles. The molecule has 0 aliphatic carbocycles. The first kappa shape index (κ1) is 9.01. The van der Waals surface area contributed by atoms with Crippen molar-refractivity contribution >= 4 is 33.1 Å². The zero-order valence-corrected chi connectivity index (χ0v) is 8.35. The van der Waals surface area contributed by atoms with E-state index in [1.54, 1.807) is 6.07 Å². The fraction of sp³-hybridized carbons (Fsp3) is 0. The average molecular weight is 253 g/mol. The number of rotatable bonds is 1. The minimum absolute atomic E-state index is 0.169. The Morgan fingerprint density at radius 3 is 2.79 bits per heavy atom. The molecular weight excluding hydrogens is 250 g/mol. The van der Waals surface area contributed by atoms with Crippen LogP contribution in [0.1, 0.15) is 10.5 Å². The maximum Gasteiger partial charge on any atom is 0.178 e. The molecular formula is C8H3BrN3O2-.